The van der Waals surface area contributed by atoms with Gasteiger partial charge in [-0.1, -0.05) is 12.1 Å². The molecule has 72 valence electrons. The number of aromatic hydroxyl groups is 1. The third kappa shape index (κ3) is 2.42. The van der Waals surface area contributed by atoms with E-state index in [1.54, 1.807) is 19.2 Å². The van der Waals surface area contributed by atoms with Gasteiger partial charge in [0, 0.05) is 6.54 Å². The van der Waals surface area contributed by atoms with Crippen molar-refractivity contribution in [2.45, 2.75) is 12.6 Å². The number of hydrogen-bond acceptors (Lipinski definition) is 2. The zero-order valence-electron chi connectivity index (χ0n) is 7.84. The molecule has 1 rings (SSSR count). The zero-order chi connectivity index (χ0) is 9.90. The van der Waals surface area contributed by atoms with Crippen LogP contribution in [0.3, 0.4) is 0 Å². The number of likely N-dealkylation sites (N-methyl/N-ethyl adjacent to an activating group) is 1. The number of rotatable bonds is 3. The predicted octanol–water partition coefficient (Wildman–Crippen LogP) is 1.80. The summed E-state index contributed by atoms with van der Waals surface area (Å²) in [6.45, 7) is 1.77. The number of phenols is 1. The van der Waals surface area contributed by atoms with Crippen LogP contribution in [-0.2, 0) is 5.67 Å². The predicted molar refractivity (Wildman–Crippen MR) is 50.5 cm³/mol. The Labute approximate surface area is 77.4 Å². The molecular formula is C10H14FNO. The average molecular weight is 183 g/mol. The van der Waals surface area contributed by atoms with E-state index >= 15 is 0 Å². The van der Waals surface area contributed by atoms with E-state index in [2.05, 4.69) is 5.32 Å². The van der Waals surface area contributed by atoms with E-state index in [0.717, 1.165) is 0 Å². The van der Waals surface area contributed by atoms with Crippen molar-refractivity contribution in [3.05, 3.63) is 29.8 Å². The Hall–Kier alpha value is -1.09. The second-order valence-electron chi connectivity index (χ2n) is 3.27. The summed E-state index contributed by atoms with van der Waals surface area (Å²) in [6, 6.07) is 6.16. The first-order valence-electron chi connectivity index (χ1n) is 4.19. The quantitative estimate of drug-likeness (QED) is 0.748. The first-order valence-corrected chi connectivity index (χ1v) is 4.19. The third-order valence-corrected chi connectivity index (χ3v) is 1.98. The van der Waals surface area contributed by atoms with Crippen LogP contribution in [0.15, 0.2) is 24.3 Å². The van der Waals surface area contributed by atoms with Crippen molar-refractivity contribution in [2.75, 3.05) is 13.6 Å². The van der Waals surface area contributed by atoms with Crippen LogP contribution in [0.25, 0.3) is 0 Å². The van der Waals surface area contributed by atoms with Crippen molar-refractivity contribution >= 4 is 0 Å². The molecule has 0 aromatic heterocycles. The highest BCUT2D eigenvalue weighted by atomic mass is 19.1. The number of hydrogen-bond donors (Lipinski definition) is 2. The summed E-state index contributed by atoms with van der Waals surface area (Å²) in [5.74, 6) is 0.156. The Morgan fingerprint density at radius 2 is 1.92 bits per heavy atom. The van der Waals surface area contributed by atoms with Gasteiger partial charge in [-0.3, -0.25) is 0 Å². The van der Waals surface area contributed by atoms with Gasteiger partial charge < -0.3 is 10.4 Å². The maximum absolute atomic E-state index is 13.8. The Morgan fingerprint density at radius 1 is 1.38 bits per heavy atom. The Balaban J connectivity index is 2.87. The van der Waals surface area contributed by atoms with E-state index in [-0.39, 0.29) is 12.3 Å². The van der Waals surface area contributed by atoms with Crippen molar-refractivity contribution < 1.29 is 9.50 Å². The Kier molecular flexibility index (Phi) is 2.88. The topological polar surface area (TPSA) is 32.3 Å². The fourth-order valence-corrected chi connectivity index (χ4v) is 1.24. The molecule has 0 saturated heterocycles. The van der Waals surface area contributed by atoms with Crippen LogP contribution in [0.4, 0.5) is 4.39 Å². The lowest BCUT2D eigenvalue weighted by Gasteiger charge is -2.20. The lowest BCUT2D eigenvalue weighted by atomic mass is 9.98. The minimum absolute atomic E-state index is 0.156. The van der Waals surface area contributed by atoms with E-state index in [9.17, 15) is 4.39 Å². The average Bonchev–Trinajstić information content (AvgIpc) is 2.05. The van der Waals surface area contributed by atoms with E-state index in [0.29, 0.717) is 5.56 Å². The normalized spacial score (nSPS) is 15.3. The molecule has 0 amide bonds. The van der Waals surface area contributed by atoms with Gasteiger partial charge in [-0.2, -0.15) is 0 Å². The van der Waals surface area contributed by atoms with Crippen LogP contribution in [0.2, 0.25) is 0 Å². The van der Waals surface area contributed by atoms with Gasteiger partial charge in [0.1, 0.15) is 11.4 Å². The van der Waals surface area contributed by atoms with Crippen LogP contribution in [0.1, 0.15) is 12.5 Å². The lowest BCUT2D eigenvalue weighted by molar-refractivity contribution is 0.190. The van der Waals surface area contributed by atoms with Gasteiger partial charge in [0.25, 0.3) is 0 Å². The molecule has 0 radical (unpaired) electrons. The second-order valence-corrected chi connectivity index (χ2v) is 3.27. The van der Waals surface area contributed by atoms with Crippen molar-refractivity contribution in [2.24, 2.45) is 0 Å². The van der Waals surface area contributed by atoms with Crippen LogP contribution >= 0.6 is 0 Å². The molecule has 3 heteroatoms. The Bertz CT molecular complexity index is 269. The van der Waals surface area contributed by atoms with Crippen LogP contribution in [-0.4, -0.2) is 18.7 Å². The van der Waals surface area contributed by atoms with Crippen molar-refractivity contribution in [1.82, 2.24) is 5.32 Å². The molecule has 0 bridgehead atoms. The fourth-order valence-electron chi connectivity index (χ4n) is 1.24. The molecule has 1 aromatic rings. The number of nitrogens with one attached hydrogen (secondary N) is 1. The van der Waals surface area contributed by atoms with Gasteiger partial charge in [-0.05, 0) is 31.7 Å². The number of phenolic OH excluding ortho intramolecular Hbond substituents is 1. The summed E-state index contributed by atoms with van der Waals surface area (Å²) in [7, 11) is 1.71. The number of benzene rings is 1. The van der Waals surface area contributed by atoms with Gasteiger partial charge in [0.2, 0.25) is 0 Å². The van der Waals surface area contributed by atoms with Crippen LogP contribution < -0.4 is 5.32 Å². The highest BCUT2D eigenvalue weighted by molar-refractivity contribution is 5.29. The molecule has 1 atom stereocenters. The summed E-state index contributed by atoms with van der Waals surface area (Å²) in [6.07, 6.45) is 0. The summed E-state index contributed by atoms with van der Waals surface area (Å²) in [4.78, 5) is 0. The fraction of sp³-hybridized carbons (Fsp3) is 0.400. The molecule has 1 unspecified atom stereocenters. The molecule has 2 nitrogen and oxygen atoms in total. The Morgan fingerprint density at radius 3 is 2.38 bits per heavy atom. The first kappa shape index (κ1) is 9.99. The molecule has 0 spiro atoms. The minimum atomic E-state index is -1.39. The third-order valence-electron chi connectivity index (χ3n) is 1.98. The molecular weight excluding hydrogens is 169 g/mol. The number of alkyl halides is 1. The van der Waals surface area contributed by atoms with Crippen LogP contribution in [0.5, 0.6) is 5.75 Å². The molecule has 0 saturated carbocycles. The van der Waals surface area contributed by atoms with E-state index < -0.39 is 5.67 Å². The lowest BCUT2D eigenvalue weighted by Crippen LogP contribution is -2.29. The monoisotopic (exact) mass is 183 g/mol. The smallest absolute Gasteiger partial charge is 0.145 e. The number of halogens is 1. The van der Waals surface area contributed by atoms with Crippen molar-refractivity contribution in [1.29, 1.82) is 0 Å². The summed E-state index contributed by atoms with van der Waals surface area (Å²) < 4.78 is 13.8. The maximum Gasteiger partial charge on any atom is 0.145 e. The molecule has 0 aliphatic rings. The largest absolute Gasteiger partial charge is 0.508 e. The van der Waals surface area contributed by atoms with Gasteiger partial charge in [-0.25, -0.2) is 4.39 Å². The molecule has 2 N–H and O–H groups in total. The van der Waals surface area contributed by atoms with E-state index in [4.69, 9.17) is 5.11 Å². The van der Waals surface area contributed by atoms with Gasteiger partial charge in [0.05, 0.1) is 0 Å². The molecule has 0 aliphatic heterocycles. The highest BCUT2D eigenvalue weighted by Gasteiger charge is 2.24. The van der Waals surface area contributed by atoms with Crippen molar-refractivity contribution in [3.8, 4) is 5.75 Å². The molecule has 0 heterocycles. The molecule has 1 aromatic carbocycles. The zero-order valence-corrected chi connectivity index (χ0v) is 7.84. The van der Waals surface area contributed by atoms with E-state index in [1.807, 2.05) is 0 Å². The highest BCUT2D eigenvalue weighted by Crippen LogP contribution is 2.25. The van der Waals surface area contributed by atoms with Crippen LogP contribution in [0, 0.1) is 0 Å². The SMILES string of the molecule is CNCC(C)(F)c1ccc(O)cc1. The molecule has 0 aliphatic carbocycles. The van der Waals surface area contributed by atoms with Gasteiger partial charge in [-0.15, -0.1) is 0 Å². The molecule has 0 fully saturated rings. The molecule has 13 heavy (non-hydrogen) atoms. The first-order chi connectivity index (χ1) is 6.06. The maximum atomic E-state index is 13.8. The summed E-state index contributed by atoms with van der Waals surface area (Å²) in [5.41, 5.74) is -0.817. The summed E-state index contributed by atoms with van der Waals surface area (Å²) >= 11 is 0. The van der Waals surface area contributed by atoms with Gasteiger partial charge >= 0.3 is 0 Å². The second kappa shape index (κ2) is 3.75. The van der Waals surface area contributed by atoms with E-state index in [1.165, 1.54) is 19.1 Å². The minimum Gasteiger partial charge on any atom is -0.508 e. The van der Waals surface area contributed by atoms with Crippen molar-refractivity contribution in [3.63, 3.8) is 0 Å². The van der Waals surface area contributed by atoms with Gasteiger partial charge in [0.15, 0.2) is 0 Å². The summed E-state index contributed by atoms with van der Waals surface area (Å²) in [5, 5.41) is 11.8. The standard InChI is InChI=1S/C10H14FNO/c1-10(11,7-12-2)8-3-5-9(13)6-4-8/h3-6,12-13H,7H2,1-2H3.